The Morgan fingerprint density at radius 3 is 1.50 bits per heavy atom. The zero-order valence-corrected chi connectivity index (χ0v) is 17.2. The van der Waals surface area contributed by atoms with Gasteiger partial charge in [-0.3, -0.25) is 10.0 Å². The van der Waals surface area contributed by atoms with Crippen LogP contribution in [0.1, 0.15) is 11.1 Å². The van der Waals surface area contributed by atoms with Crippen LogP contribution in [-0.2, 0) is 11.2 Å². The van der Waals surface area contributed by atoms with Gasteiger partial charge in [-0.2, -0.15) is 10.9 Å². The van der Waals surface area contributed by atoms with Crippen LogP contribution in [0.25, 0.3) is 0 Å². The molecule has 0 fully saturated rings. The molecule has 2 rings (SSSR count). The Morgan fingerprint density at radius 1 is 0.808 bits per heavy atom. The van der Waals surface area contributed by atoms with Crippen molar-refractivity contribution in [3.05, 3.63) is 71.8 Å². The molecule has 0 heterocycles. The molecule has 0 spiro atoms. The quantitative estimate of drug-likeness (QED) is 0.396. The zero-order valence-electron chi connectivity index (χ0n) is 14.7. The van der Waals surface area contributed by atoms with Gasteiger partial charge in [-0.15, -0.1) is 0 Å². The van der Waals surface area contributed by atoms with E-state index in [9.17, 15) is 4.55 Å². The van der Waals surface area contributed by atoms with Gasteiger partial charge in [0.2, 0.25) is 0 Å². The topological polar surface area (TPSA) is 53.6 Å². The number of hydrazine groups is 2. The fourth-order valence-corrected chi connectivity index (χ4v) is 3.26. The van der Waals surface area contributed by atoms with Crippen LogP contribution in [-0.4, -0.2) is 50.4 Å². The van der Waals surface area contributed by atoms with Crippen molar-refractivity contribution < 1.29 is 4.55 Å². The van der Waals surface area contributed by atoms with E-state index in [1.165, 1.54) is 0 Å². The first-order chi connectivity index (χ1) is 12.5. The normalized spacial score (nSPS) is 10.6. The van der Waals surface area contributed by atoms with E-state index in [1.807, 2.05) is 74.8 Å². The van der Waals surface area contributed by atoms with Gasteiger partial charge in [-0.1, -0.05) is 85.1 Å². The first-order valence-corrected chi connectivity index (χ1v) is 10.3. The van der Waals surface area contributed by atoms with E-state index in [0.717, 1.165) is 11.1 Å². The molecule has 5 nitrogen and oxygen atoms in total. The number of rotatable bonds is 8. The van der Waals surface area contributed by atoms with Crippen molar-refractivity contribution in [1.29, 1.82) is 0 Å². The summed E-state index contributed by atoms with van der Waals surface area (Å²) in [5.74, 6) is 0.560. The number of hydrogen-bond acceptors (Lipinski definition) is 5. The SMILES string of the molecule is CN(NC[S+]([O-])CNN(C)C(=S)c1ccccc1)C(=S)c1ccccc1. The molecule has 0 unspecified atom stereocenters. The Hall–Kier alpha value is -1.55. The molecule has 0 aromatic heterocycles. The maximum absolute atomic E-state index is 12.2. The lowest BCUT2D eigenvalue weighted by molar-refractivity contribution is 0.387. The fourth-order valence-electron chi connectivity index (χ4n) is 2.08. The zero-order chi connectivity index (χ0) is 18.9. The first-order valence-electron chi connectivity index (χ1n) is 7.97. The van der Waals surface area contributed by atoms with Gasteiger partial charge in [0.15, 0.2) is 11.8 Å². The van der Waals surface area contributed by atoms with Gasteiger partial charge in [0.25, 0.3) is 0 Å². The van der Waals surface area contributed by atoms with E-state index >= 15 is 0 Å². The van der Waals surface area contributed by atoms with E-state index in [2.05, 4.69) is 10.9 Å². The summed E-state index contributed by atoms with van der Waals surface area (Å²) in [6.07, 6.45) is 0. The highest BCUT2D eigenvalue weighted by atomic mass is 32.2. The summed E-state index contributed by atoms with van der Waals surface area (Å²) in [5.41, 5.74) is 8.01. The third-order valence-electron chi connectivity index (χ3n) is 3.58. The summed E-state index contributed by atoms with van der Waals surface area (Å²) in [7, 11) is 3.63. The molecule has 0 atom stereocenters. The maximum atomic E-state index is 12.2. The van der Waals surface area contributed by atoms with Gasteiger partial charge in [0, 0.05) is 25.2 Å². The third-order valence-corrected chi connectivity index (χ3v) is 5.50. The number of thiocarbonyl (C=S) groups is 2. The number of benzene rings is 2. The average Bonchev–Trinajstić information content (AvgIpc) is 2.70. The summed E-state index contributed by atoms with van der Waals surface area (Å²) in [6.45, 7) is 0. The summed E-state index contributed by atoms with van der Waals surface area (Å²) in [5, 5.41) is 3.42. The van der Waals surface area contributed by atoms with E-state index in [-0.39, 0.29) is 11.8 Å². The first kappa shape index (κ1) is 20.8. The molecule has 2 N–H and O–H groups in total. The van der Waals surface area contributed by atoms with Gasteiger partial charge in [-0.25, -0.2) is 0 Å². The smallest absolute Gasteiger partial charge is 0.174 e. The van der Waals surface area contributed by atoms with E-state index in [1.54, 1.807) is 10.0 Å². The Balaban J connectivity index is 1.74. The molecule has 138 valence electrons. The number of nitrogens with zero attached hydrogens (tertiary/aromatic N) is 2. The second kappa shape index (κ2) is 10.6. The Bertz CT molecular complexity index is 653. The predicted octanol–water partition coefficient (Wildman–Crippen LogP) is 2.27. The van der Waals surface area contributed by atoms with Gasteiger partial charge in [0.05, 0.1) is 0 Å². The summed E-state index contributed by atoms with van der Waals surface area (Å²) in [4.78, 5) is 1.30. The van der Waals surface area contributed by atoms with Crippen molar-refractivity contribution in [3.8, 4) is 0 Å². The highest BCUT2D eigenvalue weighted by Gasteiger charge is 2.13. The minimum Gasteiger partial charge on any atom is -0.614 e. The van der Waals surface area contributed by atoms with Gasteiger partial charge in [0.1, 0.15) is 9.98 Å². The third kappa shape index (κ3) is 6.31. The lowest BCUT2D eigenvalue weighted by Crippen LogP contribution is -2.46. The Kier molecular flexibility index (Phi) is 8.43. The Labute approximate surface area is 168 Å². The second-order valence-corrected chi connectivity index (χ2v) is 7.74. The second-order valence-electron chi connectivity index (χ2n) is 5.51. The molecule has 0 aliphatic carbocycles. The molecule has 0 aliphatic heterocycles. The molecular weight excluding hydrogens is 384 g/mol. The van der Waals surface area contributed by atoms with Crippen LogP contribution in [0.2, 0.25) is 0 Å². The molecule has 26 heavy (non-hydrogen) atoms. The molecule has 0 saturated carbocycles. The molecule has 0 bridgehead atoms. The lowest BCUT2D eigenvalue weighted by atomic mass is 10.2. The molecule has 0 aliphatic rings. The molecule has 2 aromatic carbocycles. The lowest BCUT2D eigenvalue weighted by Gasteiger charge is -2.24. The van der Waals surface area contributed by atoms with Crippen LogP contribution in [0.5, 0.6) is 0 Å². The number of nitrogens with one attached hydrogen (secondary N) is 2. The minimum absolute atomic E-state index is 0.280. The van der Waals surface area contributed by atoms with Crippen LogP contribution < -0.4 is 10.9 Å². The van der Waals surface area contributed by atoms with Gasteiger partial charge < -0.3 is 4.55 Å². The highest BCUT2D eigenvalue weighted by Crippen LogP contribution is 2.04. The predicted molar refractivity (Wildman–Crippen MR) is 116 cm³/mol. The van der Waals surface area contributed by atoms with Crippen LogP contribution in [0.15, 0.2) is 60.7 Å². The Morgan fingerprint density at radius 2 is 1.15 bits per heavy atom. The highest BCUT2D eigenvalue weighted by molar-refractivity contribution is 7.91. The van der Waals surface area contributed by atoms with Crippen LogP contribution in [0.4, 0.5) is 0 Å². The van der Waals surface area contributed by atoms with Crippen molar-refractivity contribution in [2.24, 2.45) is 0 Å². The van der Waals surface area contributed by atoms with Crippen molar-refractivity contribution in [2.45, 2.75) is 0 Å². The molecule has 8 heteroatoms. The van der Waals surface area contributed by atoms with Gasteiger partial charge in [-0.05, 0) is 11.2 Å². The van der Waals surface area contributed by atoms with Crippen molar-refractivity contribution in [3.63, 3.8) is 0 Å². The molecule has 2 aromatic rings. The van der Waals surface area contributed by atoms with Crippen LogP contribution >= 0.6 is 24.4 Å². The van der Waals surface area contributed by atoms with Crippen LogP contribution in [0.3, 0.4) is 0 Å². The van der Waals surface area contributed by atoms with Crippen molar-refractivity contribution >= 4 is 45.6 Å². The maximum Gasteiger partial charge on any atom is 0.174 e. The van der Waals surface area contributed by atoms with Crippen LogP contribution in [0, 0.1) is 0 Å². The molecule has 0 saturated heterocycles. The van der Waals surface area contributed by atoms with Crippen molar-refractivity contribution in [1.82, 2.24) is 20.9 Å². The van der Waals surface area contributed by atoms with E-state index in [4.69, 9.17) is 24.4 Å². The van der Waals surface area contributed by atoms with E-state index < -0.39 is 11.2 Å². The summed E-state index contributed by atoms with van der Waals surface area (Å²) < 4.78 is 12.2. The van der Waals surface area contributed by atoms with E-state index in [0.29, 0.717) is 9.98 Å². The van der Waals surface area contributed by atoms with Gasteiger partial charge >= 0.3 is 0 Å². The van der Waals surface area contributed by atoms with Crippen molar-refractivity contribution in [2.75, 3.05) is 25.8 Å². The average molecular weight is 407 g/mol. The molecule has 0 amide bonds. The molecule has 0 radical (unpaired) electrons. The minimum atomic E-state index is -1.13. The fraction of sp³-hybridized carbons (Fsp3) is 0.222. The largest absolute Gasteiger partial charge is 0.614 e. The standard InChI is InChI=1S/C18H22N4OS3/c1-21(17(24)15-9-5-3-6-10-15)19-13-26(23)14-20-22(2)18(25)16-11-7-4-8-12-16/h3-12,19-20H,13-14H2,1-2H3. The summed E-state index contributed by atoms with van der Waals surface area (Å²) in [6, 6.07) is 19.4. The number of hydrogen-bond donors (Lipinski definition) is 2. The molecular formula is C18H22N4OS3. The monoisotopic (exact) mass is 406 g/mol. The summed E-state index contributed by atoms with van der Waals surface area (Å²) >= 11 is 9.69.